The minimum absolute atomic E-state index is 0.171. The van der Waals surface area contributed by atoms with E-state index in [2.05, 4.69) is 10.7 Å². The maximum atomic E-state index is 13.1. The van der Waals surface area contributed by atoms with E-state index in [4.69, 9.17) is 0 Å². The maximum absolute atomic E-state index is 13.1. The first kappa shape index (κ1) is 10.2. The second-order valence-corrected chi connectivity index (χ2v) is 2.33. The molecule has 0 aliphatic carbocycles. The van der Waals surface area contributed by atoms with Crippen LogP contribution in [0.4, 0.5) is 8.78 Å². The van der Waals surface area contributed by atoms with Gasteiger partial charge < -0.3 is 4.74 Å². The summed E-state index contributed by atoms with van der Waals surface area (Å²) in [6, 6.07) is 2.49. The fraction of sp³-hybridized carbons (Fsp3) is 0.100. The number of halogens is 2. The summed E-state index contributed by atoms with van der Waals surface area (Å²) in [6.45, 7) is 0. The summed E-state index contributed by atoms with van der Waals surface area (Å²) < 4.78 is 30.7. The Hall–Kier alpha value is -1.89. The van der Waals surface area contributed by atoms with Crippen LogP contribution < -0.4 is 4.74 Å². The summed E-state index contributed by atoms with van der Waals surface area (Å²) in [4.78, 5) is 9.88. The lowest BCUT2D eigenvalue weighted by Crippen LogP contribution is -1.94. The lowest BCUT2D eigenvalue weighted by atomic mass is 10.2. The molecular formula is C10H6F2O2. The predicted molar refractivity (Wildman–Crippen MR) is 45.9 cm³/mol. The second kappa shape index (κ2) is 4.38. The molecule has 0 N–H and O–H groups in total. The summed E-state index contributed by atoms with van der Waals surface area (Å²) in [5.41, 5.74) is -0.171. The zero-order valence-electron chi connectivity index (χ0n) is 7.30. The van der Waals surface area contributed by atoms with E-state index in [1.807, 2.05) is 5.92 Å². The Morgan fingerprint density at radius 2 is 2.07 bits per heavy atom. The number of ether oxygens (including phenoxy) is 1. The van der Waals surface area contributed by atoms with Gasteiger partial charge in [-0.3, -0.25) is 4.79 Å². The van der Waals surface area contributed by atoms with Crippen LogP contribution in [0.15, 0.2) is 12.1 Å². The van der Waals surface area contributed by atoms with Crippen molar-refractivity contribution < 1.29 is 18.3 Å². The quantitative estimate of drug-likeness (QED) is 0.503. The highest BCUT2D eigenvalue weighted by Crippen LogP contribution is 2.21. The highest BCUT2D eigenvalue weighted by molar-refractivity contribution is 5.74. The number of aldehydes is 1. The molecule has 0 unspecified atom stereocenters. The van der Waals surface area contributed by atoms with Crippen molar-refractivity contribution in [3.8, 4) is 17.6 Å². The molecule has 0 spiro atoms. The van der Waals surface area contributed by atoms with Gasteiger partial charge in [0.15, 0.2) is 17.9 Å². The van der Waals surface area contributed by atoms with Gasteiger partial charge in [0.05, 0.1) is 12.7 Å². The molecule has 0 saturated carbocycles. The van der Waals surface area contributed by atoms with E-state index in [0.29, 0.717) is 6.29 Å². The Morgan fingerprint density at radius 1 is 1.36 bits per heavy atom. The zero-order chi connectivity index (χ0) is 10.6. The third-order valence-corrected chi connectivity index (χ3v) is 1.53. The normalized spacial score (nSPS) is 8.79. The van der Waals surface area contributed by atoms with Gasteiger partial charge >= 0.3 is 0 Å². The molecule has 0 saturated heterocycles. The number of hydrogen-bond donors (Lipinski definition) is 0. The van der Waals surface area contributed by atoms with E-state index in [9.17, 15) is 13.6 Å². The lowest BCUT2D eigenvalue weighted by Gasteiger charge is -2.02. The van der Waals surface area contributed by atoms with Crippen LogP contribution in [0.5, 0.6) is 5.75 Å². The molecular weight excluding hydrogens is 190 g/mol. The van der Waals surface area contributed by atoms with E-state index in [-0.39, 0.29) is 11.3 Å². The van der Waals surface area contributed by atoms with E-state index >= 15 is 0 Å². The molecule has 0 radical (unpaired) electrons. The summed E-state index contributed by atoms with van der Waals surface area (Å²) in [6.07, 6.45) is 0.307. The first-order chi connectivity index (χ1) is 6.70. The minimum atomic E-state index is -1.11. The Bertz CT molecular complexity index is 416. The van der Waals surface area contributed by atoms with Gasteiger partial charge in [-0.05, 0) is 18.1 Å². The molecule has 0 aliphatic rings. The fourth-order valence-electron chi connectivity index (χ4n) is 0.893. The van der Waals surface area contributed by atoms with Crippen molar-refractivity contribution in [3.05, 3.63) is 29.3 Å². The van der Waals surface area contributed by atoms with Crippen molar-refractivity contribution in [2.75, 3.05) is 7.11 Å². The molecule has 2 nitrogen and oxygen atoms in total. The lowest BCUT2D eigenvalue weighted by molar-refractivity contribution is -0.103. The van der Waals surface area contributed by atoms with E-state index in [0.717, 1.165) is 0 Å². The molecule has 14 heavy (non-hydrogen) atoms. The Labute approximate surface area is 79.5 Å². The molecule has 0 fully saturated rings. The molecule has 0 bridgehead atoms. The van der Waals surface area contributed by atoms with E-state index in [1.165, 1.54) is 19.2 Å². The number of hydrogen-bond acceptors (Lipinski definition) is 2. The molecule has 0 aromatic heterocycles. The number of methoxy groups -OCH3 is 1. The smallest absolute Gasteiger partial charge is 0.201 e. The number of carbonyl (C=O) groups excluding carboxylic acids is 1. The summed E-state index contributed by atoms with van der Waals surface area (Å²) in [5.74, 6) is 1.74. The average Bonchev–Trinajstić information content (AvgIpc) is 2.20. The van der Waals surface area contributed by atoms with Gasteiger partial charge in [-0.2, -0.15) is 4.39 Å². The van der Waals surface area contributed by atoms with Gasteiger partial charge in [-0.25, -0.2) is 4.39 Å². The minimum Gasteiger partial charge on any atom is -0.494 e. The maximum Gasteiger partial charge on any atom is 0.201 e. The summed E-state index contributed by atoms with van der Waals surface area (Å²) >= 11 is 0. The topological polar surface area (TPSA) is 26.3 Å². The highest BCUT2D eigenvalue weighted by atomic mass is 19.2. The first-order valence-corrected chi connectivity index (χ1v) is 3.68. The largest absolute Gasteiger partial charge is 0.494 e. The van der Waals surface area contributed by atoms with Gasteiger partial charge in [0.25, 0.3) is 0 Å². The van der Waals surface area contributed by atoms with Crippen molar-refractivity contribution >= 4 is 6.29 Å². The summed E-state index contributed by atoms with van der Waals surface area (Å²) in [7, 11) is 1.23. The van der Waals surface area contributed by atoms with Crippen molar-refractivity contribution in [3.63, 3.8) is 0 Å². The van der Waals surface area contributed by atoms with E-state index in [1.54, 1.807) is 0 Å². The van der Waals surface area contributed by atoms with Crippen LogP contribution in [0.1, 0.15) is 5.56 Å². The van der Waals surface area contributed by atoms with Crippen LogP contribution >= 0.6 is 0 Å². The zero-order valence-corrected chi connectivity index (χ0v) is 7.30. The van der Waals surface area contributed by atoms with Crippen molar-refractivity contribution in [2.24, 2.45) is 0 Å². The molecule has 0 atom stereocenters. The second-order valence-electron chi connectivity index (χ2n) is 2.33. The van der Waals surface area contributed by atoms with Crippen LogP contribution in [0.3, 0.4) is 0 Å². The van der Waals surface area contributed by atoms with Gasteiger partial charge in [0.1, 0.15) is 0 Å². The van der Waals surface area contributed by atoms with Crippen LogP contribution in [0.25, 0.3) is 0 Å². The van der Waals surface area contributed by atoms with Crippen LogP contribution in [0.2, 0.25) is 0 Å². The molecule has 0 heterocycles. The Kier molecular flexibility index (Phi) is 3.19. The number of benzene rings is 1. The molecule has 1 rings (SSSR count). The fourth-order valence-corrected chi connectivity index (χ4v) is 0.893. The summed E-state index contributed by atoms with van der Waals surface area (Å²) in [5, 5.41) is 0. The van der Waals surface area contributed by atoms with Crippen molar-refractivity contribution in [1.82, 2.24) is 0 Å². The predicted octanol–water partition coefficient (Wildman–Crippen LogP) is 1.52. The van der Waals surface area contributed by atoms with Crippen LogP contribution in [-0.4, -0.2) is 13.4 Å². The average molecular weight is 196 g/mol. The molecule has 1 aromatic carbocycles. The van der Waals surface area contributed by atoms with E-state index < -0.39 is 11.6 Å². The highest BCUT2D eigenvalue weighted by Gasteiger charge is 2.11. The van der Waals surface area contributed by atoms with Gasteiger partial charge in [-0.15, -0.1) is 0 Å². The van der Waals surface area contributed by atoms with Crippen molar-refractivity contribution in [1.29, 1.82) is 0 Å². The van der Waals surface area contributed by atoms with Gasteiger partial charge in [-0.1, -0.05) is 5.92 Å². The van der Waals surface area contributed by atoms with Gasteiger partial charge in [0, 0.05) is 0 Å². The van der Waals surface area contributed by atoms with Crippen LogP contribution in [-0.2, 0) is 4.79 Å². The number of rotatable bonds is 1. The Morgan fingerprint density at radius 3 is 2.64 bits per heavy atom. The van der Waals surface area contributed by atoms with Crippen LogP contribution in [0, 0.1) is 23.5 Å². The van der Waals surface area contributed by atoms with Crippen molar-refractivity contribution in [2.45, 2.75) is 0 Å². The molecule has 1 aromatic rings. The monoisotopic (exact) mass is 196 g/mol. The standard InChI is InChI=1S/C10H6F2O2/c1-14-8-5-4-7(3-2-6-13)9(11)10(8)12/h4-6H,1H3. The molecule has 0 amide bonds. The molecule has 0 aliphatic heterocycles. The van der Waals surface area contributed by atoms with Gasteiger partial charge in [0.2, 0.25) is 5.82 Å². The third-order valence-electron chi connectivity index (χ3n) is 1.53. The SMILES string of the molecule is COc1ccc(C#CC=O)c(F)c1F. The molecule has 72 valence electrons. The number of carbonyl (C=O) groups is 1. The first-order valence-electron chi connectivity index (χ1n) is 3.68. The third kappa shape index (κ3) is 1.88. The molecule has 4 heteroatoms. The Balaban J connectivity index is 3.23.